The number of nitrogen functional groups attached to an aromatic ring is 1. The third-order valence-corrected chi connectivity index (χ3v) is 4.29. The predicted molar refractivity (Wildman–Crippen MR) is 111 cm³/mol. The van der Waals surface area contributed by atoms with Crippen LogP contribution < -0.4 is 21.3 Å². The lowest BCUT2D eigenvalue weighted by Crippen LogP contribution is -2.31. The van der Waals surface area contributed by atoms with E-state index in [-0.39, 0.29) is 17.4 Å². The number of aromatic amines is 1. The molecular formula is C21H24N4O3. The number of fused-ring (bicyclic) bond motifs is 1. The Balaban J connectivity index is 2.21. The molecular weight excluding hydrogens is 356 g/mol. The molecule has 2 heterocycles. The summed E-state index contributed by atoms with van der Waals surface area (Å²) in [5.74, 6) is 0.180. The number of hydrogen-bond acceptors (Lipinski definition) is 5. The molecule has 0 fully saturated rings. The van der Waals surface area contributed by atoms with Crippen LogP contribution in [0.5, 0.6) is 5.75 Å². The molecule has 2 aromatic heterocycles. The molecule has 0 bridgehead atoms. The fourth-order valence-corrected chi connectivity index (χ4v) is 3.06. The van der Waals surface area contributed by atoms with E-state index in [1.165, 1.54) is 0 Å². The van der Waals surface area contributed by atoms with E-state index in [1.54, 1.807) is 24.5 Å². The van der Waals surface area contributed by atoms with Gasteiger partial charge in [-0.2, -0.15) is 0 Å². The second-order valence-corrected chi connectivity index (χ2v) is 6.77. The summed E-state index contributed by atoms with van der Waals surface area (Å²) < 4.78 is 5.89. The summed E-state index contributed by atoms with van der Waals surface area (Å²) in [6, 6.07) is 7.24. The van der Waals surface area contributed by atoms with Gasteiger partial charge < -0.3 is 20.8 Å². The summed E-state index contributed by atoms with van der Waals surface area (Å²) in [5, 5.41) is 3.30. The van der Waals surface area contributed by atoms with Crippen molar-refractivity contribution >= 4 is 22.5 Å². The number of nitrogens with zero attached hydrogens (tertiary/aromatic N) is 1. The molecule has 0 unspecified atom stereocenters. The number of aromatic nitrogens is 2. The lowest BCUT2D eigenvalue weighted by atomic mass is 10.00. The molecule has 0 aliphatic carbocycles. The molecule has 28 heavy (non-hydrogen) atoms. The van der Waals surface area contributed by atoms with Crippen molar-refractivity contribution < 1.29 is 9.53 Å². The molecule has 7 nitrogen and oxygen atoms in total. The van der Waals surface area contributed by atoms with E-state index in [1.807, 2.05) is 32.9 Å². The van der Waals surface area contributed by atoms with Crippen LogP contribution in [0.2, 0.25) is 0 Å². The van der Waals surface area contributed by atoms with Gasteiger partial charge >= 0.3 is 0 Å². The van der Waals surface area contributed by atoms with Gasteiger partial charge in [0, 0.05) is 35.5 Å². The van der Waals surface area contributed by atoms with E-state index in [2.05, 4.69) is 15.3 Å². The van der Waals surface area contributed by atoms with Gasteiger partial charge in [0.15, 0.2) is 0 Å². The van der Waals surface area contributed by atoms with E-state index in [0.29, 0.717) is 23.2 Å². The first-order valence-corrected chi connectivity index (χ1v) is 9.27. The number of benzene rings is 1. The summed E-state index contributed by atoms with van der Waals surface area (Å²) in [6.45, 7) is 6.29. The van der Waals surface area contributed by atoms with Gasteiger partial charge in [-0.05, 0) is 26.3 Å². The van der Waals surface area contributed by atoms with Crippen LogP contribution in [-0.4, -0.2) is 28.5 Å². The van der Waals surface area contributed by atoms with E-state index in [4.69, 9.17) is 10.5 Å². The summed E-state index contributed by atoms with van der Waals surface area (Å²) in [4.78, 5) is 32.1. The monoisotopic (exact) mass is 380 g/mol. The van der Waals surface area contributed by atoms with Crippen molar-refractivity contribution in [3.05, 3.63) is 52.6 Å². The quantitative estimate of drug-likeness (QED) is 0.609. The van der Waals surface area contributed by atoms with Gasteiger partial charge in [0.25, 0.3) is 11.5 Å². The van der Waals surface area contributed by atoms with Crippen LogP contribution in [0.4, 0.5) is 5.69 Å². The Morgan fingerprint density at radius 3 is 2.79 bits per heavy atom. The van der Waals surface area contributed by atoms with Gasteiger partial charge in [-0.25, -0.2) is 0 Å². The zero-order valence-electron chi connectivity index (χ0n) is 16.2. The number of anilines is 1. The Kier molecular flexibility index (Phi) is 5.63. The number of nitrogens with one attached hydrogen (secondary N) is 2. The fourth-order valence-electron chi connectivity index (χ4n) is 3.06. The minimum Gasteiger partial charge on any atom is -0.490 e. The van der Waals surface area contributed by atoms with Crippen molar-refractivity contribution in [2.24, 2.45) is 0 Å². The maximum absolute atomic E-state index is 12.7. The first kappa shape index (κ1) is 19.4. The third kappa shape index (κ3) is 3.69. The number of carbonyl (C=O) groups excluding carboxylic acids is 1. The maximum atomic E-state index is 12.7. The van der Waals surface area contributed by atoms with Gasteiger partial charge in [0.1, 0.15) is 11.3 Å². The average Bonchev–Trinajstić information content (AvgIpc) is 2.66. The molecule has 0 spiro atoms. The second kappa shape index (κ2) is 8.12. The summed E-state index contributed by atoms with van der Waals surface area (Å²) in [6.07, 6.45) is 4.08. The minimum atomic E-state index is -0.527. The smallest absolute Gasteiger partial charge is 0.263 e. The lowest BCUT2D eigenvalue weighted by molar-refractivity contribution is 0.0953. The van der Waals surface area contributed by atoms with Crippen molar-refractivity contribution in [2.45, 2.75) is 33.3 Å². The fraction of sp³-hybridized carbons (Fsp3) is 0.286. The summed E-state index contributed by atoms with van der Waals surface area (Å²) in [5.41, 5.74) is 7.80. The van der Waals surface area contributed by atoms with Gasteiger partial charge in [-0.15, -0.1) is 0 Å². The number of nitrogens with two attached hydrogens (primary N) is 1. The van der Waals surface area contributed by atoms with Crippen molar-refractivity contribution in [1.82, 2.24) is 15.3 Å². The molecule has 0 atom stereocenters. The van der Waals surface area contributed by atoms with E-state index in [9.17, 15) is 9.59 Å². The first-order valence-electron chi connectivity index (χ1n) is 9.27. The van der Waals surface area contributed by atoms with Crippen molar-refractivity contribution in [2.75, 3.05) is 12.3 Å². The predicted octanol–water partition coefficient (Wildman–Crippen LogP) is 3.10. The Hall–Kier alpha value is -3.35. The number of H-pyrrole nitrogens is 1. The number of rotatable bonds is 6. The van der Waals surface area contributed by atoms with Crippen LogP contribution in [0.25, 0.3) is 22.0 Å². The van der Waals surface area contributed by atoms with Crippen LogP contribution in [0.1, 0.15) is 37.6 Å². The van der Waals surface area contributed by atoms with Crippen LogP contribution in [0.3, 0.4) is 0 Å². The van der Waals surface area contributed by atoms with Crippen molar-refractivity contribution in [3.63, 3.8) is 0 Å². The molecule has 1 aromatic carbocycles. The van der Waals surface area contributed by atoms with Crippen LogP contribution >= 0.6 is 0 Å². The molecule has 0 saturated carbocycles. The molecule has 3 aromatic rings. The zero-order valence-corrected chi connectivity index (χ0v) is 16.2. The van der Waals surface area contributed by atoms with Gasteiger partial charge in [-0.3, -0.25) is 14.6 Å². The number of para-hydroxylation sites is 1. The SMILES string of the molecule is CCCNC(=O)c1c(N)c2cccc(-c3cnccc3OC(C)C)c2[nH]c1=O. The second-order valence-electron chi connectivity index (χ2n) is 6.77. The van der Waals surface area contributed by atoms with E-state index >= 15 is 0 Å². The van der Waals surface area contributed by atoms with Crippen LogP contribution in [-0.2, 0) is 0 Å². The number of amides is 1. The van der Waals surface area contributed by atoms with Gasteiger partial charge in [0.2, 0.25) is 0 Å². The van der Waals surface area contributed by atoms with Crippen LogP contribution in [0.15, 0.2) is 41.5 Å². The molecule has 7 heteroatoms. The topological polar surface area (TPSA) is 110 Å². The minimum absolute atomic E-state index is 0.0193. The van der Waals surface area contributed by atoms with E-state index in [0.717, 1.165) is 17.5 Å². The highest BCUT2D eigenvalue weighted by atomic mass is 16.5. The summed E-state index contributed by atoms with van der Waals surface area (Å²) >= 11 is 0. The zero-order chi connectivity index (χ0) is 20.3. The maximum Gasteiger partial charge on any atom is 0.263 e. The normalized spacial score (nSPS) is 11.0. The van der Waals surface area contributed by atoms with E-state index < -0.39 is 11.5 Å². The largest absolute Gasteiger partial charge is 0.490 e. The first-order chi connectivity index (χ1) is 13.4. The van der Waals surface area contributed by atoms with Gasteiger partial charge in [-0.1, -0.05) is 25.1 Å². The Morgan fingerprint density at radius 1 is 1.29 bits per heavy atom. The molecule has 4 N–H and O–H groups in total. The summed E-state index contributed by atoms with van der Waals surface area (Å²) in [7, 11) is 0. The Morgan fingerprint density at radius 2 is 2.07 bits per heavy atom. The third-order valence-electron chi connectivity index (χ3n) is 4.29. The van der Waals surface area contributed by atoms with Crippen LogP contribution in [0, 0.1) is 0 Å². The average molecular weight is 380 g/mol. The molecule has 0 radical (unpaired) electrons. The van der Waals surface area contributed by atoms with Crippen molar-refractivity contribution in [1.29, 1.82) is 0 Å². The Labute approximate surface area is 162 Å². The molecule has 1 amide bonds. The number of ether oxygens (including phenoxy) is 1. The molecule has 0 saturated heterocycles. The Bertz CT molecular complexity index is 1070. The molecule has 146 valence electrons. The molecule has 3 rings (SSSR count). The molecule has 0 aliphatic rings. The number of pyridine rings is 2. The van der Waals surface area contributed by atoms with Crippen molar-refractivity contribution in [3.8, 4) is 16.9 Å². The highest BCUT2D eigenvalue weighted by Crippen LogP contribution is 2.35. The lowest BCUT2D eigenvalue weighted by Gasteiger charge is -2.16. The standard InChI is InChI=1S/C21H24N4O3/c1-4-9-24-20(26)17-18(22)14-7-5-6-13(19(14)25-21(17)27)15-11-23-10-8-16(15)28-12(2)3/h5-8,10-12H,4,9H2,1-3H3,(H,24,26)(H3,22,25,27). The number of carbonyl (C=O) groups is 1. The highest BCUT2D eigenvalue weighted by Gasteiger charge is 2.20. The van der Waals surface area contributed by atoms with Gasteiger partial charge in [0.05, 0.1) is 17.3 Å². The number of hydrogen-bond donors (Lipinski definition) is 3. The molecule has 0 aliphatic heterocycles. The highest BCUT2D eigenvalue weighted by molar-refractivity contribution is 6.09.